The van der Waals surface area contributed by atoms with Gasteiger partial charge in [-0.2, -0.15) is 12.7 Å². The van der Waals surface area contributed by atoms with Crippen LogP contribution in [0.15, 0.2) is 18.2 Å². The van der Waals surface area contributed by atoms with E-state index in [-0.39, 0.29) is 6.61 Å². The Bertz CT molecular complexity index is 653. The van der Waals surface area contributed by atoms with Gasteiger partial charge >= 0.3 is 10.2 Å². The van der Waals surface area contributed by atoms with Crippen LogP contribution in [0.5, 0.6) is 0 Å². The van der Waals surface area contributed by atoms with Crippen LogP contribution in [-0.4, -0.2) is 37.5 Å². The van der Waals surface area contributed by atoms with E-state index in [2.05, 4.69) is 16.6 Å². The molecule has 1 aliphatic rings. The molecule has 0 aliphatic carbocycles. The van der Waals surface area contributed by atoms with Gasteiger partial charge < -0.3 is 5.11 Å². The molecule has 0 spiro atoms. The molecule has 1 heterocycles. The second-order valence-corrected chi connectivity index (χ2v) is 6.73. The quantitative estimate of drug-likeness (QED) is 0.831. The molecule has 1 saturated heterocycles. The number of piperidine rings is 1. The third kappa shape index (κ3) is 4.21. The number of benzene rings is 1. The Kier molecular flexibility index (Phi) is 5.23. The molecule has 0 unspecified atom stereocenters. The van der Waals surface area contributed by atoms with E-state index in [0.717, 1.165) is 30.4 Å². The highest BCUT2D eigenvalue weighted by atomic mass is 32.2. The molecule has 0 saturated carbocycles. The summed E-state index contributed by atoms with van der Waals surface area (Å²) in [6.45, 7) is 2.83. The molecule has 0 aromatic heterocycles. The highest BCUT2D eigenvalue weighted by Gasteiger charge is 2.23. The minimum atomic E-state index is -3.48. The number of aryl methyl sites for hydroxylation is 1. The Balaban J connectivity index is 2.14. The van der Waals surface area contributed by atoms with Crippen molar-refractivity contribution in [1.29, 1.82) is 0 Å². The molecule has 1 aromatic carbocycles. The zero-order valence-electron chi connectivity index (χ0n) is 12.1. The van der Waals surface area contributed by atoms with Crippen molar-refractivity contribution in [1.82, 2.24) is 4.31 Å². The van der Waals surface area contributed by atoms with E-state index in [1.54, 1.807) is 18.2 Å². The molecule has 5 nitrogen and oxygen atoms in total. The molecule has 0 amide bonds. The van der Waals surface area contributed by atoms with Gasteiger partial charge in [-0.05, 0) is 43.5 Å². The van der Waals surface area contributed by atoms with E-state index in [9.17, 15) is 8.42 Å². The standard InChI is InChI=1S/C15H20N2O3S/c1-13-12-15(8-7-14(13)6-5-11-18)16-21(19,20)17-9-3-2-4-10-17/h7-8,12,16,18H,2-4,9-11H2,1H3. The zero-order chi connectivity index (χ0) is 15.3. The molecule has 6 heteroatoms. The lowest BCUT2D eigenvalue weighted by atomic mass is 10.1. The monoisotopic (exact) mass is 308 g/mol. The molecule has 21 heavy (non-hydrogen) atoms. The third-order valence-electron chi connectivity index (χ3n) is 3.43. The number of hydrogen-bond donors (Lipinski definition) is 2. The lowest BCUT2D eigenvalue weighted by molar-refractivity contribution is 0.349. The molecule has 0 radical (unpaired) electrons. The Morgan fingerprint density at radius 1 is 1.29 bits per heavy atom. The van der Waals surface area contributed by atoms with Crippen molar-refractivity contribution in [3.05, 3.63) is 29.3 Å². The van der Waals surface area contributed by atoms with Gasteiger partial charge in [0.25, 0.3) is 0 Å². The maximum atomic E-state index is 12.3. The molecule has 2 rings (SSSR count). The van der Waals surface area contributed by atoms with E-state index in [1.165, 1.54) is 4.31 Å². The summed E-state index contributed by atoms with van der Waals surface area (Å²) in [4.78, 5) is 0. The minimum Gasteiger partial charge on any atom is -0.384 e. The van der Waals surface area contributed by atoms with Gasteiger partial charge in [-0.1, -0.05) is 18.3 Å². The van der Waals surface area contributed by atoms with E-state index in [4.69, 9.17) is 5.11 Å². The second-order valence-electron chi connectivity index (χ2n) is 5.06. The Hall–Kier alpha value is -1.55. The average Bonchev–Trinajstić information content (AvgIpc) is 2.47. The van der Waals surface area contributed by atoms with Gasteiger partial charge in [0.1, 0.15) is 6.61 Å². The predicted octanol–water partition coefficient (Wildman–Crippen LogP) is 1.48. The molecule has 0 atom stereocenters. The fraction of sp³-hybridized carbons (Fsp3) is 0.467. The van der Waals surface area contributed by atoms with Crippen molar-refractivity contribution in [3.8, 4) is 11.8 Å². The number of aliphatic hydroxyl groups is 1. The first-order valence-corrected chi connectivity index (χ1v) is 8.45. The van der Waals surface area contributed by atoms with Gasteiger partial charge in [0.15, 0.2) is 0 Å². The Morgan fingerprint density at radius 3 is 2.62 bits per heavy atom. The van der Waals surface area contributed by atoms with Crippen molar-refractivity contribution in [2.75, 3.05) is 24.4 Å². The first-order chi connectivity index (χ1) is 10.0. The lowest BCUT2D eigenvalue weighted by Crippen LogP contribution is -2.39. The minimum absolute atomic E-state index is 0.192. The van der Waals surface area contributed by atoms with Gasteiger partial charge in [-0.15, -0.1) is 0 Å². The maximum absolute atomic E-state index is 12.3. The molecule has 1 fully saturated rings. The third-order valence-corrected chi connectivity index (χ3v) is 4.97. The SMILES string of the molecule is Cc1cc(NS(=O)(=O)N2CCCCC2)ccc1C#CCO. The summed E-state index contributed by atoms with van der Waals surface area (Å²) in [6.07, 6.45) is 2.91. The molecular weight excluding hydrogens is 288 g/mol. The van der Waals surface area contributed by atoms with Crippen LogP contribution in [0.1, 0.15) is 30.4 Å². The van der Waals surface area contributed by atoms with Crippen molar-refractivity contribution in [2.24, 2.45) is 0 Å². The van der Waals surface area contributed by atoms with Gasteiger partial charge in [-0.25, -0.2) is 0 Å². The Morgan fingerprint density at radius 2 is 2.00 bits per heavy atom. The summed E-state index contributed by atoms with van der Waals surface area (Å²) in [7, 11) is -3.48. The number of hydrogen-bond acceptors (Lipinski definition) is 3. The van der Waals surface area contributed by atoms with E-state index >= 15 is 0 Å². The fourth-order valence-electron chi connectivity index (χ4n) is 2.32. The van der Waals surface area contributed by atoms with Gasteiger partial charge in [0, 0.05) is 18.7 Å². The summed E-state index contributed by atoms with van der Waals surface area (Å²) in [5.41, 5.74) is 2.19. The Labute approximate surface area is 126 Å². The summed E-state index contributed by atoms with van der Waals surface area (Å²) < 4.78 is 28.7. The zero-order valence-corrected chi connectivity index (χ0v) is 12.9. The first-order valence-electron chi connectivity index (χ1n) is 7.01. The van der Waals surface area contributed by atoms with Crippen LogP contribution < -0.4 is 4.72 Å². The van der Waals surface area contributed by atoms with Crippen LogP contribution >= 0.6 is 0 Å². The van der Waals surface area contributed by atoms with E-state index in [0.29, 0.717) is 18.8 Å². The predicted molar refractivity (Wildman–Crippen MR) is 83.1 cm³/mol. The summed E-state index contributed by atoms with van der Waals surface area (Å²) in [5.74, 6) is 5.41. The van der Waals surface area contributed by atoms with Gasteiger partial charge in [0.2, 0.25) is 0 Å². The maximum Gasteiger partial charge on any atom is 0.301 e. The number of nitrogens with zero attached hydrogens (tertiary/aromatic N) is 1. The van der Waals surface area contributed by atoms with Crippen LogP contribution in [0.25, 0.3) is 0 Å². The number of nitrogens with one attached hydrogen (secondary N) is 1. The molecule has 2 N–H and O–H groups in total. The van der Waals surface area contributed by atoms with Crippen LogP contribution in [0.2, 0.25) is 0 Å². The van der Waals surface area contributed by atoms with E-state index < -0.39 is 10.2 Å². The van der Waals surface area contributed by atoms with Crippen molar-refractivity contribution < 1.29 is 13.5 Å². The van der Waals surface area contributed by atoms with Crippen LogP contribution in [-0.2, 0) is 10.2 Å². The highest BCUT2D eigenvalue weighted by Crippen LogP contribution is 2.19. The van der Waals surface area contributed by atoms with E-state index in [1.807, 2.05) is 6.92 Å². The highest BCUT2D eigenvalue weighted by molar-refractivity contribution is 7.90. The number of aliphatic hydroxyl groups excluding tert-OH is 1. The lowest BCUT2D eigenvalue weighted by Gasteiger charge is -2.26. The fourth-order valence-corrected chi connectivity index (χ4v) is 3.61. The number of rotatable bonds is 3. The molecular formula is C15H20N2O3S. The summed E-state index contributed by atoms with van der Waals surface area (Å²) in [5, 5.41) is 8.70. The molecule has 1 aliphatic heterocycles. The largest absolute Gasteiger partial charge is 0.384 e. The van der Waals surface area contributed by atoms with Crippen molar-refractivity contribution in [3.63, 3.8) is 0 Å². The average molecular weight is 308 g/mol. The van der Waals surface area contributed by atoms with Gasteiger partial charge in [0.05, 0.1) is 5.69 Å². The van der Waals surface area contributed by atoms with Crippen molar-refractivity contribution in [2.45, 2.75) is 26.2 Å². The van der Waals surface area contributed by atoms with Crippen molar-refractivity contribution >= 4 is 15.9 Å². The smallest absolute Gasteiger partial charge is 0.301 e. The first kappa shape index (κ1) is 15.8. The normalized spacial score (nSPS) is 16.1. The summed E-state index contributed by atoms with van der Waals surface area (Å²) in [6, 6.07) is 5.20. The molecule has 0 bridgehead atoms. The van der Waals surface area contributed by atoms with Crippen LogP contribution in [0, 0.1) is 18.8 Å². The summed E-state index contributed by atoms with van der Waals surface area (Å²) >= 11 is 0. The molecule has 114 valence electrons. The molecule has 1 aromatic rings. The van der Waals surface area contributed by atoms with Crippen LogP contribution in [0.4, 0.5) is 5.69 Å². The second kappa shape index (κ2) is 6.94. The number of anilines is 1. The van der Waals surface area contributed by atoms with Crippen LogP contribution in [0.3, 0.4) is 0 Å². The topological polar surface area (TPSA) is 69.6 Å². The van der Waals surface area contributed by atoms with Gasteiger partial charge in [-0.3, -0.25) is 4.72 Å².